The minimum Gasteiger partial charge on any atom is -0.487 e. The molecule has 212 valence electrons. The van der Waals surface area contributed by atoms with E-state index in [1.54, 1.807) is 0 Å². The molecule has 1 atom stereocenters. The molecule has 3 aromatic carbocycles. The Morgan fingerprint density at radius 1 is 0.950 bits per heavy atom. The first kappa shape index (κ1) is 27.5. The Balaban J connectivity index is 1.39. The predicted molar refractivity (Wildman–Crippen MR) is 125 cm³/mol. The van der Waals surface area contributed by atoms with Crippen molar-refractivity contribution in [3.05, 3.63) is 71.5 Å². The summed E-state index contributed by atoms with van der Waals surface area (Å²) in [6.45, 7) is -0.247. The van der Waals surface area contributed by atoms with Gasteiger partial charge < -0.3 is 19.9 Å². The highest BCUT2D eigenvalue weighted by atomic mass is 19.4. The van der Waals surface area contributed by atoms with E-state index in [4.69, 9.17) is 4.74 Å². The molecule has 0 saturated heterocycles. The summed E-state index contributed by atoms with van der Waals surface area (Å²) in [5, 5.41) is 12.7. The van der Waals surface area contributed by atoms with Crippen molar-refractivity contribution in [1.82, 2.24) is 5.32 Å². The first-order valence-corrected chi connectivity index (χ1v) is 11.9. The third-order valence-corrected chi connectivity index (χ3v) is 7.52. The number of rotatable bonds is 8. The fraction of sp³-hybridized carbons (Fsp3) is 0.333. The van der Waals surface area contributed by atoms with Gasteiger partial charge >= 0.3 is 18.5 Å². The summed E-state index contributed by atoms with van der Waals surface area (Å²) in [6.07, 6.45) is -10.6. The van der Waals surface area contributed by atoms with E-state index in [9.17, 15) is 45.4 Å². The molecule has 2 bridgehead atoms. The molecule has 40 heavy (non-hydrogen) atoms. The Hall–Kier alpha value is -4.03. The van der Waals surface area contributed by atoms with Crippen LogP contribution in [0.1, 0.15) is 35.2 Å². The Morgan fingerprint density at radius 2 is 1.60 bits per heavy atom. The Morgan fingerprint density at radius 3 is 2.17 bits per heavy atom. The van der Waals surface area contributed by atoms with Gasteiger partial charge in [0.25, 0.3) is 5.91 Å². The molecule has 0 spiro atoms. The topological polar surface area (TPSA) is 84.9 Å². The largest absolute Gasteiger partial charge is 0.573 e. The van der Waals surface area contributed by atoms with Gasteiger partial charge in [-0.1, -0.05) is 18.2 Å². The van der Waals surface area contributed by atoms with E-state index in [1.807, 2.05) is 0 Å². The third kappa shape index (κ3) is 4.88. The van der Waals surface area contributed by atoms with Crippen LogP contribution < -0.4 is 14.8 Å². The first-order valence-electron chi connectivity index (χ1n) is 11.9. The highest BCUT2D eigenvalue weighted by molar-refractivity contribution is 6.05. The van der Waals surface area contributed by atoms with Gasteiger partial charge in [0.05, 0.1) is 11.0 Å². The number of carbonyl (C=O) groups is 2. The van der Waals surface area contributed by atoms with E-state index in [2.05, 4.69) is 10.1 Å². The van der Waals surface area contributed by atoms with Gasteiger partial charge in [0, 0.05) is 10.8 Å². The van der Waals surface area contributed by atoms with Crippen molar-refractivity contribution in [1.29, 1.82) is 0 Å². The van der Waals surface area contributed by atoms with Crippen LogP contribution in [0, 0.1) is 16.6 Å². The second-order valence-electron chi connectivity index (χ2n) is 10.2. The van der Waals surface area contributed by atoms with Crippen LogP contribution in [-0.2, 0) is 11.4 Å². The van der Waals surface area contributed by atoms with Crippen molar-refractivity contribution in [3.63, 3.8) is 0 Å². The molecule has 3 aliphatic carbocycles. The lowest BCUT2D eigenvalue weighted by molar-refractivity contribution is -0.367. The first-order chi connectivity index (χ1) is 18.6. The van der Waals surface area contributed by atoms with Crippen molar-refractivity contribution >= 4 is 22.6 Å². The maximum atomic E-state index is 13.8. The number of amides is 1. The van der Waals surface area contributed by atoms with Crippen LogP contribution in [0.4, 0.5) is 30.7 Å². The minimum absolute atomic E-state index is 0.0703. The SMILES string of the molecule is O=C(N[C@H](C(=O)O)C12CC(C(F)(F)F)(C1)C2)c1ccc2cc(F)ccc2c1OCc1ccc(OC(F)(F)F)cc1. The Bertz CT molecular complexity index is 1460. The van der Waals surface area contributed by atoms with Gasteiger partial charge in [-0.25, -0.2) is 9.18 Å². The van der Waals surface area contributed by atoms with Crippen molar-refractivity contribution in [2.24, 2.45) is 10.8 Å². The summed E-state index contributed by atoms with van der Waals surface area (Å²) < 4.78 is 101. The molecule has 1 amide bonds. The molecule has 0 aliphatic heterocycles. The van der Waals surface area contributed by atoms with Crippen LogP contribution in [0.25, 0.3) is 10.8 Å². The van der Waals surface area contributed by atoms with E-state index < -0.39 is 72.1 Å². The highest BCUT2D eigenvalue weighted by Crippen LogP contribution is 2.79. The van der Waals surface area contributed by atoms with E-state index >= 15 is 0 Å². The summed E-state index contributed by atoms with van der Waals surface area (Å²) in [4.78, 5) is 25.3. The van der Waals surface area contributed by atoms with Crippen LogP contribution in [0.2, 0.25) is 0 Å². The molecule has 3 saturated carbocycles. The van der Waals surface area contributed by atoms with Gasteiger partial charge in [-0.3, -0.25) is 4.79 Å². The average Bonchev–Trinajstić information content (AvgIpc) is 2.78. The molecule has 0 heterocycles. The van der Waals surface area contributed by atoms with Crippen LogP contribution in [0.3, 0.4) is 0 Å². The van der Waals surface area contributed by atoms with Crippen molar-refractivity contribution < 1.29 is 54.9 Å². The highest BCUT2D eigenvalue weighted by Gasteiger charge is 2.81. The lowest BCUT2D eigenvalue weighted by atomic mass is 9.33. The van der Waals surface area contributed by atoms with Gasteiger partial charge in [-0.15, -0.1) is 13.2 Å². The second-order valence-corrected chi connectivity index (χ2v) is 10.2. The molecule has 0 aromatic heterocycles. The zero-order valence-electron chi connectivity index (χ0n) is 20.3. The quantitative estimate of drug-likeness (QED) is 0.307. The number of nitrogens with one attached hydrogen (secondary N) is 1. The third-order valence-electron chi connectivity index (χ3n) is 7.52. The average molecular weight is 571 g/mol. The number of carboxylic acid groups (broad SMARTS) is 1. The molecule has 0 radical (unpaired) electrons. The molecule has 6 nitrogen and oxygen atoms in total. The molecular formula is C27H20F7NO5. The van der Waals surface area contributed by atoms with Gasteiger partial charge in [0.1, 0.15) is 30.0 Å². The maximum absolute atomic E-state index is 13.8. The fourth-order valence-electron chi connectivity index (χ4n) is 5.71. The zero-order chi connectivity index (χ0) is 29.1. The summed E-state index contributed by atoms with van der Waals surface area (Å²) in [5.74, 6) is -3.51. The maximum Gasteiger partial charge on any atom is 0.573 e. The standard InChI is InChI=1S/C27H20F7NO5/c28-16-4-8-18-15(9-16)3-7-19(20(18)39-10-14-1-5-17(6-2-14)40-27(32,33)34)22(36)35-21(23(37)38)24-11-25(12-24,13-24)26(29,30)31/h1-9,21H,10-13H2,(H,35,36)(H,37,38)/t21-,24?,25?/m1/s1. The molecule has 6 rings (SSSR count). The molecule has 3 aromatic rings. The number of halogens is 7. The number of carboxylic acids is 1. The monoisotopic (exact) mass is 571 g/mol. The normalized spacial score (nSPS) is 22.6. The molecule has 2 N–H and O–H groups in total. The van der Waals surface area contributed by atoms with Gasteiger partial charge in [0.15, 0.2) is 0 Å². The summed E-state index contributed by atoms with van der Waals surface area (Å²) >= 11 is 0. The summed E-state index contributed by atoms with van der Waals surface area (Å²) in [6, 6.07) is 9.42. The number of hydrogen-bond acceptors (Lipinski definition) is 4. The number of fused-ring (bicyclic) bond motifs is 1. The van der Waals surface area contributed by atoms with E-state index in [0.717, 1.165) is 18.2 Å². The fourth-order valence-corrected chi connectivity index (χ4v) is 5.71. The van der Waals surface area contributed by atoms with Crippen molar-refractivity contribution in [2.45, 2.75) is 44.4 Å². The van der Waals surface area contributed by atoms with Gasteiger partial charge in [-0.05, 0) is 66.6 Å². The molecular weight excluding hydrogens is 551 g/mol. The predicted octanol–water partition coefficient (Wildman–Crippen LogP) is 6.37. The number of ether oxygens (including phenoxy) is 2. The minimum atomic E-state index is -4.88. The molecule has 0 unspecified atom stereocenters. The van der Waals surface area contributed by atoms with Crippen molar-refractivity contribution in [3.8, 4) is 11.5 Å². The number of aliphatic carboxylic acids is 1. The number of hydrogen-bond donors (Lipinski definition) is 2. The number of carbonyl (C=O) groups excluding carboxylic acids is 1. The van der Waals surface area contributed by atoms with Crippen LogP contribution in [0.5, 0.6) is 11.5 Å². The lowest BCUT2D eigenvalue weighted by Gasteiger charge is -2.72. The lowest BCUT2D eigenvalue weighted by Crippen LogP contribution is -2.75. The smallest absolute Gasteiger partial charge is 0.487 e. The molecule has 3 fully saturated rings. The van der Waals surface area contributed by atoms with Crippen molar-refractivity contribution in [2.75, 3.05) is 0 Å². The van der Waals surface area contributed by atoms with E-state index in [0.29, 0.717) is 10.9 Å². The Labute approximate surface area is 221 Å². The number of alkyl halides is 6. The van der Waals surface area contributed by atoms with Crippen LogP contribution in [-0.4, -0.2) is 35.6 Å². The zero-order valence-corrected chi connectivity index (χ0v) is 20.3. The number of benzene rings is 3. The summed E-state index contributed by atoms with van der Waals surface area (Å²) in [5.41, 5.74) is -2.92. The summed E-state index contributed by atoms with van der Waals surface area (Å²) in [7, 11) is 0. The van der Waals surface area contributed by atoms with Crippen LogP contribution in [0.15, 0.2) is 54.6 Å². The van der Waals surface area contributed by atoms with Gasteiger partial charge in [-0.2, -0.15) is 13.2 Å². The van der Waals surface area contributed by atoms with E-state index in [1.165, 1.54) is 36.4 Å². The molecule has 3 aliphatic rings. The van der Waals surface area contributed by atoms with Crippen LogP contribution >= 0.6 is 0 Å². The van der Waals surface area contributed by atoms with E-state index in [-0.39, 0.29) is 23.3 Å². The van der Waals surface area contributed by atoms with Gasteiger partial charge in [0.2, 0.25) is 0 Å². The second kappa shape index (κ2) is 9.27. The molecule has 13 heteroatoms. The Kier molecular flexibility index (Phi) is 6.38.